The van der Waals surface area contributed by atoms with Crippen LogP contribution in [0.1, 0.15) is 142 Å². The van der Waals surface area contributed by atoms with Crippen LogP contribution in [0.2, 0.25) is 0 Å². The number of aryl methyl sites for hydroxylation is 6. The Labute approximate surface area is 685 Å². The summed E-state index contributed by atoms with van der Waals surface area (Å²) in [5, 5.41) is 0. The number of benzene rings is 5. The first-order valence-corrected chi connectivity index (χ1v) is 37.2. The Kier molecular flexibility index (Phi) is 59.5. The van der Waals surface area contributed by atoms with Crippen molar-refractivity contribution in [2.45, 2.75) is 99.3 Å². The standard InChI is InChI=1S/2C10H9FO.3C10H10O.C9H9NO.C9H14O.C8H6FNO.C8H7NO.C8H12O.C6H5NO2/c1-8-4-5-9(3-2-6-12)7-10(8)11;1-8-4-5-9(3-2-6-12)10(11)7-8;2*1-9-4-6-10(7-5-9)3-2-8-11;1-9-5-2-3-6-10(9)7-4-8-11;1-8-4-5-9(10-7-8)3-2-6-11;10-8-4-7-9-5-2-1-3-6-9;9-8-4-7(2-1-3-11)5-10-6-8;10-7-3-5-8-4-1-2-6-9-8;9-7-3-6-8-4-1-2-5-8;8-3-1-2-6-4-9-5-7-6/h2*2-7H,1H3;3*2-8H,1H3;2-7H,1H3;4,7-9H,1-3,5-6H2;1-6H;1-7H;3,6-8H,1-2,4-5H2;1-5H/b4*3-2+;7-4+;3-2+;7-4+;2-1+;5-3+;6-3+;2-1+. The minimum atomic E-state index is -0.405. The monoisotopic (exact) mass is 1580 g/mol. The largest absolute Gasteiger partial charge is 0.451 e. The zero-order valence-electron chi connectivity index (χ0n) is 66.7. The summed E-state index contributed by atoms with van der Waals surface area (Å²) < 4.78 is 42.9. The first-order valence-electron chi connectivity index (χ1n) is 37.2. The first-order chi connectivity index (χ1) is 56.8. The molecule has 19 heteroatoms. The van der Waals surface area contributed by atoms with E-state index in [4.69, 9.17) is 0 Å². The van der Waals surface area contributed by atoms with Gasteiger partial charge in [-0.05, 0) is 257 Å². The summed E-state index contributed by atoms with van der Waals surface area (Å²) in [6.07, 6.45) is 63.5. The van der Waals surface area contributed by atoms with Crippen LogP contribution in [0, 0.1) is 70.8 Å². The van der Waals surface area contributed by atoms with E-state index in [9.17, 15) is 65.9 Å². The van der Waals surface area contributed by atoms with Crippen molar-refractivity contribution in [3.63, 3.8) is 0 Å². The van der Waals surface area contributed by atoms with Crippen molar-refractivity contribution in [2.75, 3.05) is 0 Å². The number of allylic oxidation sites excluding steroid dienone is 13. The molecule has 606 valence electrons. The van der Waals surface area contributed by atoms with Crippen molar-refractivity contribution in [3.05, 3.63) is 363 Å². The van der Waals surface area contributed by atoms with Gasteiger partial charge in [0.2, 0.25) is 0 Å². The van der Waals surface area contributed by atoms with Crippen LogP contribution in [0.15, 0.2) is 266 Å². The van der Waals surface area contributed by atoms with Crippen LogP contribution < -0.4 is 0 Å². The molecule has 16 nitrogen and oxygen atoms in total. The fourth-order valence-electron chi connectivity index (χ4n) is 9.67. The number of nitrogens with zero attached hydrogens (tertiary/aromatic N) is 4. The third-order valence-corrected chi connectivity index (χ3v) is 15.7. The fourth-order valence-corrected chi connectivity index (χ4v) is 9.67. The van der Waals surface area contributed by atoms with Gasteiger partial charge in [0, 0.05) is 24.2 Å². The van der Waals surface area contributed by atoms with Gasteiger partial charge in [-0.3, -0.25) is 67.7 Å². The number of halogens is 3. The fraction of sp³-hybridized carbons (Fsp3) is 0.173. The molecule has 2 aliphatic rings. The van der Waals surface area contributed by atoms with Crippen molar-refractivity contribution < 1.29 is 70.3 Å². The second-order valence-electron chi connectivity index (χ2n) is 25.0. The molecule has 2 saturated carbocycles. The highest BCUT2D eigenvalue weighted by molar-refractivity contribution is 5.78. The Bertz CT molecular complexity index is 4520. The molecule has 0 saturated heterocycles. The lowest BCUT2D eigenvalue weighted by Gasteiger charge is -2.17. The van der Waals surface area contributed by atoms with E-state index in [0.717, 1.165) is 89.4 Å². The lowest BCUT2D eigenvalue weighted by Crippen LogP contribution is -2.02. The quantitative estimate of drug-likeness (QED) is 0.0451. The smallest absolute Gasteiger partial charge is 0.181 e. The Balaban J connectivity index is 0.000000644. The molecular weight excluding hydrogens is 1480 g/mol. The molecule has 0 amide bonds. The average molecular weight is 1580 g/mol. The molecule has 0 bridgehead atoms. The third-order valence-electron chi connectivity index (χ3n) is 15.7. The number of aromatic nitrogens is 4. The third kappa shape index (κ3) is 54.4. The van der Waals surface area contributed by atoms with Crippen molar-refractivity contribution in [2.24, 2.45) is 11.8 Å². The van der Waals surface area contributed by atoms with E-state index in [-0.39, 0.29) is 11.6 Å². The van der Waals surface area contributed by atoms with Crippen molar-refractivity contribution in [1.82, 2.24) is 19.9 Å². The van der Waals surface area contributed by atoms with E-state index >= 15 is 0 Å². The summed E-state index contributed by atoms with van der Waals surface area (Å²) in [6.45, 7) is 11.6. The van der Waals surface area contributed by atoms with Crippen LogP contribution in [0.5, 0.6) is 0 Å². The van der Waals surface area contributed by atoms with Crippen LogP contribution >= 0.6 is 0 Å². The molecule has 2 fully saturated rings. The van der Waals surface area contributed by atoms with E-state index in [2.05, 4.69) is 24.4 Å². The van der Waals surface area contributed by atoms with Gasteiger partial charge in [-0.1, -0.05) is 195 Å². The zero-order chi connectivity index (χ0) is 86.0. The molecule has 0 aliphatic heterocycles. The molecule has 0 unspecified atom stereocenters. The van der Waals surface area contributed by atoms with Gasteiger partial charge < -0.3 is 4.42 Å². The molecule has 0 atom stereocenters. The van der Waals surface area contributed by atoms with Crippen molar-refractivity contribution >= 4 is 124 Å². The molecule has 9 aromatic rings. The highest BCUT2D eigenvalue weighted by Crippen LogP contribution is 2.26. The highest BCUT2D eigenvalue weighted by Gasteiger charge is 2.11. The van der Waals surface area contributed by atoms with E-state index in [1.165, 1.54) is 178 Å². The summed E-state index contributed by atoms with van der Waals surface area (Å²) in [4.78, 5) is 124. The molecule has 4 aromatic heterocycles. The van der Waals surface area contributed by atoms with Gasteiger partial charge in [0.25, 0.3) is 0 Å². The Hall–Kier alpha value is -13.9. The zero-order valence-corrected chi connectivity index (χ0v) is 66.7. The predicted octanol–water partition coefficient (Wildman–Crippen LogP) is 20.8. The number of rotatable bonds is 22. The predicted molar refractivity (Wildman–Crippen MR) is 465 cm³/mol. The number of oxazole rings is 1. The molecule has 4 heterocycles. The topological polar surface area (TPSA) is 252 Å². The van der Waals surface area contributed by atoms with Crippen LogP contribution in [0.3, 0.4) is 0 Å². The van der Waals surface area contributed by atoms with Gasteiger partial charge in [-0.15, -0.1) is 0 Å². The molecule has 0 radical (unpaired) electrons. The Morgan fingerprint density at radius 1 is 0.316 bits per heavy atom. The summed E-state index contributed by atoms with van der Waals surface area (Å²) in [5.41, 5.74) is 13.4. The minimum absolute atomic E-state index is 0.247. The number of carbonyl (C=O) groups excluding carboxylic acids is 11. The first kappa shape index (κ1) is 101. The van der Waals surface area contributed by atoms with Gasteiger partial charge in [0.1, 0.15) is 98.6 Å². The number of carbonyl (C=O) groups is 11. The molecule has 11 rings (SSSR count). The van der Waals surface area contributed by atoms with Crippen LogP contribution in [-0.4, -0.2) is 89.1 Å². The van der Waals surface area contributed by atoms with Gasteiger partial charge >= 0.3 is 0 Å². The van der Waals surface area contributed by atoms with E-state index < -0.39 is 5.82 Å². The maximum absolute atomic E-state index is 13.0. The summed E-state index contributed by atoms with van der Waals surface area (Å²) in [7, 11) is 0. The molecular formula is C98H101F3N4O12. The highest BCUT2D eigenvalue weighted by atomic mass is 19.1. The normalized spacial score (nSPS) is 12.1. The van der Waals surface area contributed by atoms with E-state index in [0.29, 0.717) is 64.9 Å². The van der Waals surface area contributed by atoms with Crippen molar-refractivity contribution in [1.29, 1.82) is 0 Å². The number of hydrogen-bond acceptors (Lipinski definition) is 16. The summed E-state index contributed by atoms with van der Waals surface area (Å²) >= 11 is 0. The SMILES string of the molecule is Cc1ccc(/C=C/C=O)c(F)c1.Cc1ccc(/C=C/C=O)cc1.Cc1ccc(/C=C/C=O)cc1.Cc1ccc(/C=C/C=O)cc1F.Cc1ccc(/C=C/C=O)nc1.Cc1ccccc1/C=C/C=O.O=C/C=C/C1CCCC1.O=C/C=C/C1CCCCC1.O=C/C=C/c1ccccn1.O=C/C=C/c1cncc(F)c1.O=C/C=C/c1cocn1. The van der Waals surface area contributed by atoms with Gasteiger partial charge in [0.05, 0.1) is 17.6 Å². The lowest BCUT2D eigenvalue weighted by molar-refractivity contribution is -0.104. The van der Waals surface area contributed by atoms with Crippen LogP contribution in [0.25, 0.3) is 54.7 Å². The maximum Gasteiger partial charge on any atom is 0.181 e. The van der Waals surface area contributed by atoms with Gasteiger partial charge in [-0.2, -0.15) is 0 Å². The lowest BCUT2D eigenvalue weighted by atomic mass is 9.89. The molecule has 2 aliphatic carbocycles. The average Bonchev–Trinajstić information content (AvgIpc) is 1.17. The van der Waals surface area contributed by atoms with Crippen LogP contribution in [0.4, 0.5) is 13.2 Å². The second-order valence-corrected chi connectivity index (χ2v) is 25.0. The van der Waals surface area contributed by atoms with Gasteiger partial charge in [-0.25, -0.2) is 18.2 Å². The molecule has 117 heavy (non-hydrogen) atoms. The number of pyridine rings is 3. The summed E-state index contributed by atoms with van der Waals surface area (Å²) in [5.74, 6) is 0.448. The van der Waals surface area contributed by atoms with E-state index in [1.54, 1.807) is 92.2 Å². The number of aldehydes is 11. The number of hydrogen-bond donors (Lipinski definition) is 0. The van der Waals surface area contributed by atoms with Crippen molar-refractivity contribution in [3.8, 4) is 0 Å². The summed E-state index contributed by atoms with van der Waals surface area (Å²) in [6, 6.07) is 44.3. The van der Waals surface area contributed by atoms with E-state index in [1.807, 2.05) is 156 Å². The Morgan fingerprint density at radius 3 is 1.19 bits per heavy atom. The molecule has 0 N–H and O–H groups in total. The van der Waals surface area contributed by atoms with Gasteiger partial charge in [0.15, 0.2) is 6.39 Å². The maximum atomic E-state index is 13.0. The van der Waals surface area contributed by atoms with Crippen LogP contribution in [-0.2, 0) is 52.7 Å². The molecule has 0 spiro atoms. The Morgan fingerprint density at radius 2 is 0.744 bits per heavy atom. The minimum Gasteiger partial charge on any atom is -0.451 e. The molecule has 5 aromatic carbocycles. The second kappa shape index (κ2) is 68.8.